The van der Waals surface area contributed by atoms with Crippen LogP contribution in [0.25, 0.3) is 0 Å². The highest BCUT2D eigenvalue weighted by Gasteiger charge is 2.37. The second-order valence-corrected chi connectivity index (χ2v) is 6.60. The lowest BCUT2D eigenvalue weighted by atomic mass is 9.93. The molecule has 0 spiro atoms. The number of hydrogen-bond donors (Lipinski definition) is 0. The highest BCUT2D eigenvalue weighted by molar-refractivity contribution is 5.79. The molecule has 24 heavy (non-hydrogen) atoms. The number of benzene rings is 1. The monoisotopic (exact) mass is 333 g/mol. The van der Waals surface area contributed by atoms with Crippen molar-refractivity contribution in [1.82, 2.24) is 4.90 Å². The van der Waals surface area contributed by atoms with Gasteiger partial charge >= 0.3 is 0 Å². The zero-order valence-corrected chi connectivity index (χ0v) is 13.5. The van der Waals surface area contributed by atoms with Gasteiger partial charge in [0.2, 0.25) is 5.91 Å². The average molecular weight is 333 g/mol. The first-order valence-corrected chi connectivity index (χ1v) is 8.40. The van der Waals surface area contributed by atoms with Gasteiger partial charge in [-0.1, -0.05) is 0 Å². The summed E-state index contributed by atoms with van der Waals surface area (Å²) in [4.78, 5) is 16.3. The SMILES string of the molecule is N#Cc1ccc(N2CCC(C(=O)N3CCC(F)(F)CC3)CC2)cc1. The molecule has 2 aliphatic rings. The molecule has 0 N–H and O–H groups in total. The maximum atomic E-state index is 13.2. The van der Waals surface area contributed by atoms with Crippen molar-refractivity contribution in [2.24, 2.45) is 5.92 Å². The van der Waals surface area contributed by atoms with Gasteiger partial charge in [0.05, 0.1) is 11.6 Å². The lowest BCUT2D eigenvalue weighted by molar-refractivity contribution is -0.142. The van der Waals surface area contributed by atoms with Crippen LogP contribution < -0.4 is 4.90 Å². The first-order chi connectivity index (χ1) is 11.5. The van der Waals surface area contributed by atoms with Gasteiger partial charge in [-0.25, -0.2) is 8.78 Å². The van der Waals surface area contributed by atoms with Crippen molar-refractivity contribution in [2.75, 3.05) is 31.1 Å². The van der Waals surface area contributed by atoms with E-state index < -0.39 is 5.92 Å². The minimum Gasteiger partial charge on any atom is -0.371 e. The molecular formula is C18H21F2N3O. The molecule has 0 unspecified atom stereocenters. The summed E-state index contributed by atoms with van der Waals surface area (Å²) in [6.07, 6.45) is 1.04. The van der Waals surface area contributed by atoms with Crippen LogP contribution in [0.15, 0.2) is 24.3 Å². The Balaban J connectivity index is 1.53. The number of halogens is 2. The number of carbonyl (C=O) groups is 1. The van der Waals surface area contributed by atoms with E-state index >= 15 is 0 Å². The molecule has 3 rings (SSSR count). The molecule has 0 bridgehead atoms. The van der Waals surface area contributed by atoms with Crippen LogP contribution in [0.3, 0.4) is 0 Å². The van der Waals surface area contributed by atoms with Crippen molar-refractivity contribution >= 4 is 11.6 Å². The number of nitrogens with zero attached hydrogens (tertiary/aromatic N) is 3. The van der Waals surface area contributed by atoms with Gasteiger partial charge in [0.25, 0.3) is 5.92 Å². The molecule has 0 atom stereocenters. The Morgan fingerprint density at radius 3 is 2.21 bits per heavy atom. The third-order valence-electron chi connectivity index (χ3n) is 5.01. The minimum absolute atomic E-state index is 0.0324. The fourth-order valence-corrected chi connectivity index (χ4v) is 3.44. The molecule has 1 amide bonds. The number of rotatable bonds is 2. The smallest absolute Gasteiger partial charge is 0.251 e. The van der Waals surface area contributed by atoms with Gasteiger partial charge in [0.15, 0.2) is 0 Å². The first-order valence-electron chi connectivity index (χ1n) is 8.40. The molecule has 128 valence electrons. The lowest BCUT2D eigenvalue weighted by Crippen LogP contribution is -2.47. The molecule has 0 radical (unpaired) electrons. The summed E-state index contributed by atoms with van der Waals surface area (Å²) in [5, 5.41) is 8.84. The summed E-state index contributed by atoms with van der Waals surface area (Å²) in [6.45, 7) is 1.88. The molecule has 6 heteroatoms. The van der Waals surface area contributed by atoms with Crippen LogP contribution in [-0.4, -0.2) is 42.9 Å². The third-order valence-corrected chi connectivity index (χ3v) is 5.01. The Morgan fingerprint density at radius 2 is 1.67 bits per heavy atom. The Morgan fingerprint density at radius 1 is 1.08 bits per heavy atom. The number of amides is 1. The zero-order valence-electron chi connectivity index (χ0n) is 13.5. The van der Waals surface area contributed by atoms with Crippen molar-refractivity contribution in [1.29, 1.82) is 5.26 Å². The molecule has 2 heterocycles. The van der Waals surface area contributed by atoms with Crippen LogP contribution in [-0.2, 0) is 4.79 Å². The van der Waals surface area contributed by atoms with Gasteiger partial charge in [0.1, 0.15) is 0 Å². The Hall–Kier alpha value is -2.16. The Labute approximate surface area is 140 Å². The summed E-state index contributed by atoms with van der Waals surface area (Å²) >= 11 is 0. The van der Waals surface area contributed by atoms with Crippen LogP contribution >= 0.6 is 0 Å². The second kappa shape index (κ2) is 6.76. The summed E-state index contributed by atoms with van der Waals surface area (Å²) in [7, 11) is 0. The predicted molar refractivity (Wildman–Crippen MR) is 86.9 cm³/mol. The maximum absolute atomic E-state index is 13.2. The first kappa shape index (κ1) is 16.7. The number of carbonyl (C=O) groups excluding carboxylic acids is 1. The fraction of sp³-hybridized carbons (Fsp3) is 0.556. The minimum atomic E-state index is -2.62. The normalized spacial score (nSPS) is 21.4. The predicted octanol–water partition coefficient (Wildman–Crippen LogP) is 3.03. The van der Waals surface area contributed by atoms with Gasteiger partial charge in [0, 0.05) is 50.6 Å². The fourth-order valence-electron chi connectivity index (χ4n) is 3.44. The van der Waals surface area contributed by atoms with Crippen LogP contribution in [0.1, 0.15) is 31.2 Å². The molecule has 1 aromatic carbocycles. The lowest BCUT2D eigenvalue weighted by Gasteiger charge is -2.37. The summed E-state index contributed by atoms with van der Waals surface area (Å²) in [5.74, 6) is -2.65. The van der Waals surface area contributed by atoms with E-state index in [0.717, 1.165) is 31.6 Å². The van der Waals surface area contributed by atoms with Crippen LogP contribution in [0.5, 0.6) is 0 Å². The summed E-state index contributed by atoms with van der Waals surface area (Å²) in [5.41, 5.74) is 1.68. The van der Waals surface area contributed by atoms with Gasteiger partial charge < -0.3 is 9.80 Å². The van der Waals surface area contributed by atoms with Crippen LogP contribution in [0.4, 0.5) is 14.5 Å². The molecular weight excluding hydrogens is 312 g/mol. The van der Waals surface area contributed by atoms with E-state index in [1.807, 2.05) is 12.1 Å². The number of nitriles is 1. The highest BCUT2D eigenvalue weighted by Crippen LogP contribution is 2.30. The molecule has 2 fully saturated rings. The van der Waals surface area contributed by atoms with E-state index in [1.165, 1.54) is 0 Å². The van der Waals surface area contributed by atoms with E-state index in [-0.39, 0.29) is 37.8 Å². The van der Waals surface area contributed by atoms with Crippen molar-refractivity contribution in [3.05, 3.63) is 29.8 Å². The molecule has 2 saturated heterocycles. The number of anilines is 1. The average Bonchev–Trinajstić information content (AvgIpc) is 2.61. The second-order valence-electron chi connectivity index (χ2n) is 6.60. The van der Waals surface area contributed by atoms with E-state index in [2.05, 4.69) is 11.0 Å². The van der Waals surface area contributed by atoms with Crippen molar-refractivity contribution < 1.29 is 13.6 Å². The standard InChI is InChI=1S/C18H21F2N3O/c19-18(20)7-11-23(12-8-18)17(24)15-5-9-22(10-6-15)16-3-1-14(13-21)2-4-16/h1-4,15H,5-12H2. The molecule has 0 aliphatic carbocycles. The van der Waals surface area contributed by atoms with Crippen molar-refractivity contribution in [3.8, 4) is 6.07 Å². The Kier molecular flexibility index (Phi) is 4.70. The summed E-state index contributed by atoms with van der Waals surface area (Å²) in [6, 6.07) is 9.53. The molecule has 0 saturated carbocycles. The van der Waals surface area contributed by atoms with Crippen LogP contribution in [0, 0.1) is 17.2 Å². The zero-order chi connectivity index (χ0) is 17.2. The number of hydrogen-bond acceptors (Lipinski definition) is 3. The molecule has 1 aromatic rings. The largest absolute Gasteiger partial charge is 0.371 e. The number of alkyl halides is 2. The summed E-state index contributed by atoms with van der Waals surface area (Å²) < 4.78 is 26.4. The molecule has 2 aliphatic heterocycles. The molecule has 0 aromatic heterocycles. The van der Waals surface area contributed by atoms with Gasteiger partial charge in [-0.2, -0.15) is 5.26 Å². The van der Waals surface area contributed by atoms with E-state index in [4.69, 9.17) is 5.26 Å². The van der Waals surface area contributed by atoms with E-state index in [9.17, 15) is 13.6 Å². The van der Waals surface area contributed by atoms with Gasteiger partial charge in [-0.05, 0) is 37.1 Å². The van der Waals surface area contributed by atoms with Crippen molar-refractivity contribution in [2.45, 2.75) is 31.6 Å². The number of likely N-dealkylation sites (tertiary alicyclic amines) is 1. The highest BCUT2D eigenvalue weighted by atomic mass is 19.3. The van der Waals surface area contributed by atoms with E-state index in [0.29, 0.717) is 5.56 Å². The Bertz CT molecular complexity index is 621. The molecule has 4 nitrogen and oxygen atoms in total. The maximum Gasteiger partial charge on any atom is 0.251 e. The van der Waals surface area contributed by atoms with Crippen molar-refractivity contribution in [3.63, 3.8) is 0 Å². The van der Waals surface area contributed by atoms with E-state index in [1.54, 1.807) is 17.0 Å². The number of piperidine rings is 2. The van der Waals surface area contributed by atoms with Crippen LogP contribution in [0.2, 0.25) is 0 Å². The topological polar surface area (TPSA) is 47.3 Å². The quantitative estimate of drug-likeness (QED) is 0.836. The van der Waals surface area contributed by atoms with Gasteiger partial charge in [-0.15, -0.1) is 0 Å². The van der Waals surface area contributed by atoms with Gasteiger partial charge in [-0.3, -0.25) is 4.79 Å². The third kappa shape index (κ3) is 3.66.